The van der Waals surface area contributed by atoms with Crippen molar-refractivity contribution in [3.63, 3.8) is 0 Å². The van der Waals surface area contributed by atoms with E-state index in [0.717, 1.165) is 37.7 Å². The minimum Gasteiger partial charge on any atom is -0.340 e. The fraction of sp³-hybridized carbons (Fsp3) is 0.452. The normalized spacial score (nSPS) is 16.3. The molecule has 0 unspecified atom stereocenters. The first-order valence-electron chi connectivity index (χ1n) is 13.4. The van der Waals surface area contributed by atoms with Gasteiger partial charge in [-0.25, -0.2) is 0 Å². The quantitative estimate of drug-likeness (QED) is 0.303. The number of benzene rings is 2. The second-order valence-corrected chi connectivity index (χ2v) is 9.47. The van der Waals surface area contributed by atoms with Crippen LogP contribution >= 0.6 is 0 Å². The molecule has 1 aliphatic carbocycles. The van der Waals surface area contributed by atoms with E-state index in [0.29, 0.717) is 18.0 Å². The van der Waals surface area contributed by atoms with Gasteiger partial charge in [-0.2, -0.15) is 13.2 Å². The van der Waals surface area contributed by atoms with E-state index in [4.69, 9.17) is 0 Å². The van der Waals surface area contributed by atoms with Gasteiger partial charge in [0.05, 0.1) is 12.1 Å². The molecule has 3 nitrogen and oxygen atoms in total. The van der Waals surface area contributed by atoms with Gasteiger partial charge in [0.1, 0.15) is 0 Å². The first-order valence-corrected chi connectivity index (χ1v) is 13.4. The maximum atomic E-state index is 13.3. The summed E-state index contributed by atoms with van der Waals surface area (Å²) in [6.45, 7) is 9.46. The standard InChI is InChI=1S/C31H39F3N2O/c1-5-23-24(6-2)26(8-4)27(25(23)7-3)19-20-35-28(21-15-11-9-12-16-21)29(22-17-13-10-14-18-22)36-30(37)31(32,33)34/h9-18,27-29,35H,5-8,19-20H2,1-4H3,(H,36,37)/t28-,29-/m0/s1. The Hall–Kier alpha value is -2.86. The predicted octanol–water partition coefficient (Wildman–Crippen LogP) is 7.99. The number of carbonyl (C=O) groups excluding carboxylic acids is 1. The van der Waals surface area contributed by atoms with E-state index in [1.54, 1.807) is 24.3 Å². The highest BCUT2D eigenvalue weighted by atomic mass is 19.4. The molecule has 2 atom stereocenters. The lowest BCUT2D eigenvalue weighted by molar-refractivity contribution is -0.174. The first kappa shape index (κ1) is 28.7. The average molecular weight is 513 g/mol. The summed E-state index contributed by atoms with van der Waals surface area (Å²) in [7, 11) is 0. The van der Waals surface area contributed by atoms with Crippen LogP contribution in [0.25, 0.3) is 0 Å². The number of hydrogen-bond donors (Lipinski definition) is 2. The Morgan fingerprint density at radius 1 is 0.757 bits per heavy atom. The lowest BCUT2D eigenvalue weighted by Crippen LogP contribution is -2.44. The van der Waals surface area contributed by atoms with Gasteiger partial charge in [-0.3, -0.25) is 4.79 Å². The molecular formula is C31H39F3N2O. The lowest BCUT2D eigenvalue weighted by atomic mass is 9.87. The number of alkyl halides is 3. The summed E-state index contributed by atoms with van der Waals surface area (Å²) in [5, 5.41) is 5.82. The number of nitrogens with one attached hydrogen (secondary N) is 2. The van der Waals surface area contributed by atoms with E-state index in [1.165, 1.54) is 22.3 Å². The Balaban J connectivity index is 1.92. The van der Waals surface area contributed by atoms with Crippen LogP contribution in [0.1, 0.15) is 83.0 Å². The molecule has 1 amide bonds. The predicted molar refractivity (Wildman–Crippen MR) is 144 cm³/mol. The largest absolute Gasteiger partial charge is 0.471 e. The van der Waals surface area contributed by atoms with Crippen molar-refractivity contribution in [3.8, 4) is 0 Å². The van der Waals surface area contributed by atoms with E-state index >= 15 is 0 Å². The number of amides is 1. The third-order valence-electron chi connectivity index (χ3n) is 7.44. The van der Waals surface area contributed by atoms with Crippen LogP contribution in [-0.4, -0.2) is 18.6 Å². The van der Waals surface area contributed by atoms with Crippen LogP contribution in [0.4, 0.5) is 13.2 Å². The fourth-order valence-corrected chi connectivity index (χ4v) is 5.88. The van der Waals surface area contributed by atoms with E-state index in [-0.39, 0.29) is 0 Å². The van der Waals surface area contributed by atoms with Crippen LogP contribution in [0.2, 0.25) is 0 Å². The number of allylic oxidation sites excluding steroid dienone is 4. The van der Waals surface area contributed by atoms with Crippen molar-refractivity contribution < 1.29 is 18.0 Å². The molecule has 0 saturated heterocycles. The second kappa shape index (κ2) is 13.1. The Bertz CT molecular complexity index is 1060. The van der Waals surface area contributed by atoms with Gasteiger partial charge in [0, 0.05) is 5.92 Å². The Labute approximate surface area is 219 Å². The van der Waals surface area contributed by atoms with Gasteiger partial charge >= 0.3 is 12.1 Å². The summed E-state index contributed by atoms with van der Waals surface area (Å²) < 4.78 is 39.9. The number of halogens is 3. The minimum atomic E-state index is -4.97. The molecule has 2 aromatic rings. The molecule has 0 aliphatic heterocycles. The minimum absolute atomic E-state index is 0.351. The molecule has 0 aromatic heterocycles. The molecule has 3 rings (SSSR count). The molecule has 2 N–H and O–H groups in total. The summed E-state index contributed by atoms with van der Waals surface area (Å²) in [5.41, 5.74) is 7.43. The van der Waals surface area contributed by atoms with E-state index in [9.17, 15) is 18.0 Å². The molecule has 6 heteroatoms. The Morgan fingerprint density at radius 2 is 1.22 bits per heavy atom. The number of hydrogen-bond acceptors (Lipinski definition) is 2. The molecule has 0 radical (unpaired) electrons. The molecule has 1 aliphatic rings. The molecule has 0 fully saturated rings. The third-order valence-corrected chi connectivity index (χ3v) is 7.44. The molecule has 0 bridgehead atoms. The van der Waals surface area contributed by atoms with Crippen molar-refractivity contribution in [1.82, 2.24) is 10.6 Å². The van der Waals surface area contributed by atoms with E-state index < -0.39 is 24.2 Å². The van der Waals surface area contributed by atoms with Crippen molar-refractivity contribution >= 4 is 5.91 Å². The van der Waals surface area contributed by atoms with Crippen LogP contribution in [0.5, 0.6) is 0 Å². The highest BCUT2D eigenvalue weighted by Gasteiger charge is 2.41. The second-order valence-electron chi connectivity index (χ2n) is 9.47. The molecule has 0 spiro atoms. The van der Waals surface area contributed by atoms with Gasteiger partial charge in [-0.1, -0.05) is 99.5 Å². The van der Waals surface area contributed by atoms with Crippen molar-refractivity contribution in [2.45, 2.75) is 78.1 Å². The van der Waals surface area contributed by atoms with Crippen LogP contribution in [-0.2, 0) is 4.79 Å². The highest BCUT2D eigenvalue weighted by Crippen LogP contribution is 2.45. The monoisotopic (exact) mass is 512 g/mol. The lowest BCUT2D eigenvalue weighted by Gasteiger charge is -2.31. The van der Waals surface area contributed by atoms with Crippen molar-refractivity contribution in [2.24, 2.45) is 5.92 Å². The van der Waals surface area contributed by atoms with Crippen LogP contribution in [0.15, 0.2) is 83.0 Å². The Morgan fingerprint density at radius 3 is 1.62 bits per heavy atom. The zero-order valence-corrected chi connectivity index (χ0v) is 22.3. The topological polar surface area (TPSA) is 41.1 Å². The fourth-order valence-electron chi connectivity index (χ4n) is 5.88. The summed E-state index contributed by atoms with van der Waals surface area (Å²) in [6, 6.07) is 16.8. The molecule has 37 heavy (non-hydrogen) atoms. The molecule has 2 aromatic carbocycles. The van der Waals surface area contributed by atoms with Gasteiger partial charge < -0.3 is 10.6 Å². The molecule has 0 heterocycles. The summed E-state index contributed by atoms with van der Waals surface area (Å²) >= 11 is 0. The SMILES string of the molecule is CCC1=C(CC)C(CCN[C@@H](c2ccccc2)[C@@H](NC(=O)C(F)(F)F)c2ccccc2)C(CC)=C1CC. The van der Waals surface area contributed by atoms with Gasteiger partial charge in [0.15, 0.2) is 0 Å². The van der Waals surface area contributed by atoms with E-state index in [2.05, 4.69) is 38.3 Å². The summed E-state index contributed by atoms with van der Waals surface area (Å²) in [5.74, 6) is -1.59. The maximum Gasteiger partial charge on any atom is 0.471 e. The highest BCUT2D eigenvalue weighted by molar-refractivity contribution is 5.82. The zero-order chi connectivity index (χ0) is 27.0. The Kier molecular flexibility index (Phi) is 10.2. The maximum absolute atomic E-state index is 13.3. The van der Waals surface area contributed by atoms with Crippen LogP contribution in [0.3, 0.4) is 0 Å². The van der Waals surface area contributed by atoms with Crippen molar-refractivity contribution in [1.29, 1.82) is 0 Å². The van der Waals surface area contributed by atoms with Crippen molar-refractivity contribution in [2.75, 3.05) is 6.54 Å². The number of carbonyl (C=O) groups is 1. The van der Waals surface area contributed by atoms with Gasteiger partial charge in [0.2, 0.25) is 0 Å². The van der Waals surface area contributed by atoms with Crippen LogP contribution < -0.4 is 10.6 Å². The van der Waals surface area contributed by atoms with Gasteiger partial charge in [-0.15, -0.1) is 0 Å². The smallest absolute Gasteiger partial charge is 0.340 e. The van der Waals surface area contributed by atoms with Crippen molar-refractivity contribution in [3.05, 3.63) is 94.1 Å². The molecular weight excluding hydrogens is 473 g/mol. The zero-order valence-electron chi connectivity index (χ0n) is 22.3. The van der Waals surface area contributed by atoms with Gasteiger partial charge in [0.25, 0.3) is 0 Å². The van der Waals surface area contributed by atoms with Crippen LogP contribution in [0, 0.1) is 5.92 Å². The van der Waals surface area contributed by atoms with E-state index in [1.807, 2.05) is 36.4 Å². The number of rotatable bonds is 12. The average Bonchev–Trinajstić information content (AvgIpc) is 3.21. The third kappa shape index (κ3) is 6.72. The summed E-state index contributed by atoms with van der Waals surface area (Å²) in [6.07, 6.45) is -0.0727. The molecule has 200 valence electrons. The first-order chi connectivity index (χ1) is 17.8. The van der Waals surface area contributed by atoms with Gasteiger partial charge in [-0.05, 0) is 60.9 Å². The molecule has 0 saturated carbocycles. The summed E-state index contributed by atoms with van der Waals surface area (Å²) in [4.78, 5) is 12.1.